The largest absolute Gasteiger partial charge is 0.322 e. The van der Waals surface area contributed by atoms with Crippen LogP contribution in [0.2, 0.25) is 0 Å². The van der Waals surface area contributed by atoms with E-state index in [4.69, 9.17) is 0 Å². The van der Waals surface area contributed by atoms with Gasteiger partial charge in [0.25, 0.3) is 11.8 Å². The molecule has 2 aromatic carbocycles. The lowest BCUT2D eigenvalue weighted by atomic mass is 10.1. The van der Waals surface area contributed by atoms with E-state index in [0.717, 1.165) is 0 Å². The van der Waals surface area contributed by atoms with Crippen LogP contribution >= 0.6 is 0 Å². The highest BCUT2D eigenvalue weighted by atomic mass is 19.1. The molecule has 0 aliphatic carbocycles. The van der Waals surface area contributed by atoms with E-state index < -0.39 is 52.2 Å². The molecule has 0 unspecified atom stereocenters. The maximum Gasteiger partial charge on any atom is 0.307 e. The summed E-state index contributed by atoms with van der Waals surface area (Å²) in [6.45, 7) is -0.725. The van der Waals surface area contributed by atoms with Gasteiger partial charge in [0.15, 0.2) is 0 Å². The van der Waals surface area contributed by atoms with Crippen molar-refractivity contribution in [3.63, 3.8) is 0 Å². The molecule has 0 radical (unpaired) electrons. The predicted molar refractivity (Wildman–Crippen MR) is 83.5 cm³/mol. The Morgan fingerprint density at radius 3 is 2.19 bits per heavy atom. The highest BCUT2D eigenvalue weighted by Gasteiger charge is 2.36. The zero-order chi connectivity index (χ0) is 19.0. The number of fused-ring (bicyclic) bond motifs is 1. The first-order chi connectivity index (χ1) is 12.3. The molecule has 0 spiro atoms. The lowest BCUT2D eigenvalue weighted by molar-refractivity contribution is -0.387. The fourth-order valence-electron chi connectivity index (χ4n) is 2.49. The number of hydrogen-bond donors (Lipinski definition) is 1. The van der Waals surface area contributed by atoms with E-state index in [0.29, 0.717) is 11.0 Å². The third kappa shape index (κ3) is 2.88. The van der Waals surface area contributed by atoms with Crippen LogP contribution in [0.25, 0.3) is 0 Å². The Hall–Kier alpha value is -3.69. The quantitative estimate of drug-likeness (QED) is 0.509. The van der Waals surface area contributed by atoms with Crippen LogP contribution in [0.3, 0.4) is 0 Å². The van der Waals surface area contributed by atoms with E-state index >= 15 is 0 Å². The number of halogens is 2. The lowest BCUT2D eigenvalue weighted by Crippen LogP contribution is -2.37. The van der Waals surface area contributed by atoms with Crippen molar-refractivity contribution in [2.45, 2.75) is 0 Å². The number of nitro groups is 1. The fraction of sp³-hybridized carbons (Fsp3) is 0.0625. The van der Waals surface area contributed by atoms with Gasteiger partial charge in [-0.25, -0.2) is 4.39 Å². The minimum atomic E-state index is -1.40. The van der Waals surface area contributed by atoms with Crippen LogP contribution in [0.1, 0.15) is 20.7 Å². The van der Waals surface area contributed by atoms with Gasteiger partial charge in [-0.1, -0.05) is 12.1 Å². The number of imide groups is 1. The number of nitrogens with zero attached hydrogens (tertiary/aromatic N) is 2. The molecule has 0 aromatic heterocycles. The van der Waals surface area contributed by atoms with Crippen LogP contribution in [-0.2, 0) is 4.79 Å². The van der Waals surface area contributed by atoms with Crippen molar-refractivity contribution < 1.29 is 28.1 Å². The number of hydrogen-bond acceptors (Lipinski definition) is 5. The highest BCUT2D eigenvalue weighted by molar-refractivity contribution is 6.22. The van der Waals surface area contributed by atoms with Crippen molar-refractivity contribution in [3.8, 4) is 0 Å². The van der Waals surface area contributed by atoms with Gasteiger partial charge in [-0.2, -0.15) is 4.39 Å². The summed E-state index contributed by atoms with van der Waals surface area (Å²) in [6.07, 6.45) is 0. The molecule has 0 bridgehead atoms. The van der Waals surface area contributed by atoms with Crippen LogP contribution in [0.5, 0.6) is 0 Å². The van der Waals surface area contributed by atoms with Gasteiger partial charge in [0.1, 0.15) is 12.4 Å². The standard InChI is InChI=1S/C16H9F2N3O5/c17-10-5-11(18)13(21(25)26)6-12(10)19-14(22)7-20-15(23)8-3-1-2-4-9(8)16(20)24/h1-6H,7H2,(H,19,22). The zero-order valence-electron chi connectivity index (χ0n) is 12.9. The molecular formula is C16H9F2N3O5. The van der Waals surface area contributed by atoms with Gasteiger partial charge in [-0.15, -0.1) is 0 Å². The topological polar surface area (TPSA) is 110 Å². The average molecular weight is 361 g/mol. The van der Waals surface area contributed by atoms with E-state index in [9.17, 15) is 33.3 Å². The minimum Gasteiger partial charge on any atom is -0.322 e. The Balaban J connectivity index is 1.79. The first-order valence-electron chi connectivity index (χ1n) is 7.18. The Bertz CT molecular complexity index is 941. The van der Waals surface area contributed by atoms with Gasteiger partial charge in [-0.3, -0.25) is 29.4 Å². The third-order valence-corrected chi connectivity index (χ3v) is 3.69. The summed E-state index contributed by atoms with van der Waals surface area (Å²) >= 11 is 0. The first kappa shape index (κ1) is 17.1. The third-order valence-electron chi connectivity index (χ3n) is 3.69. The Labute approximate surface area is 144 Å². The number of nitrogens with one attached hydrogen (secondary N) is 1. The molecule has 0 fully saturated rings. The van der Waals surface area contributed by atoms with Gasteiger partial charge in [-0.05, 0) is 12.1 Å². The Morgan fingerprint density at radius 1 is 1.08 bits per heavy atom. The molecule has 8 nitrogen and oxygen atoms in total. The number of rotatable bonds is 4. The monoisotopic (exact) mass is 361 g/mol. The number of benzene rings is 2. The smallest absolute Gasteiger partial charge is 0.307 e. The van der Waals surface area contributed by atoms with E-state index in [1.54, 1.807) is 12.1 Å². The fourth-order valence-corrected chi connectivity index (χ4v) is 2.49. The number of carbonyl (C=O) groups excluding carboxylic acids is 3. The van der Waals surface area contributed by atoms with Crippen LogP contribution in [0.4, 0.5) is 20.2 Å². The molecule has 1 heterocycles. The molecule has 1 N–H and O–H groups in total. The summed E-state index contributed by atoms with van der Waals surface area (Å²) in [6, 6.07) is 6.74. The Kier molecular flexibility index (Phi) is 4.16. The van der Waals surface area contributed by atoms with Crippen molar-refractivity contribution >= 4 is 29.1 Å². The van der Waals surface area contributed by atoms with Crippen molar-refractivity contribution in [2.75, 3.05) is 11.9 Å². The van der Waals surface area contributed by atoms with E-state index in [1.807, 2.05) is 5.32 Å². The molecule has 1 aliphatic rings. The van der Waals surface area contributed by atoms with Gasteiger partial charge < -0.3 is 5.32 Å². The van der Waals surface area contributed by atoms with Gasteiger partial charge in [0.2, 0.25) is 11.7 Å². The summed E-state index contributed by atoms with van der Waals surface area (Å²) in [7, 11) is 0. The van der Waals surface area contributed by atoms with Crippen molar-refractivity contribution in [3.05, 3.63) is 69.3 Å². The Morgan fingerprint density at radius 2 is 1.65 bits per heavy atom. The molecule has 1 aliphatic heterocycles. The molecule has 3 amide bonds. The summed E-state index contributed by atoms with van der Waals surface area (Å²) in [5.74, 6) is -4.98. The summed E-state index contributed by atoms with van der Waals surface area (Å²) in [4.78, 5) is 46.6. The number of carbonyl (C=O) groups is 3. The van der Waals surface area contributed by atoms with E-state index in [-0.39, 0.29) is 17.2 Å². The first-order valence-corrected chi connectivity index (χ1v) is 7.18. The summed E-state index contributed by atoms with van der Waals surface area (Å²) < 4.78 is 27.0. The maximum absolute atomic E-state index is 13.7. The van der Waals surface area contributed by atoms with Crippen LogP contribution in [0, 0.1) is 21.7 Å². The van der Waals surface area contributed by atoms with Crippen LogP contribution in [0.15, 0.2) is 36.4 Å². The molecule has 132 valence electrons. The van der Waals surface area contributed by atoms with Crippen molar-refractivity contribution in [1.29, 1.82) is 0 Å². The highest BCUT2D eigenvalue weighted by Crippen LogP contribution is 2.26. The van der Waals surface area contributed by atoms with Crippen LogP contribution in [-0.4, -0.2) is 34.1 Å². The van der Waals surface area contributed by atoms with E-state index in [1.165, 1.54) is 12.1 Å². The molecule has 3 rings (SSSR count). The molecule has 2 aromatic rings. The minimum absolute atomic E-state index is 0.133. The van der Waals surface area contributed by atoms with Crippen molar-refractivity contribution in [2.24, 2.45) is 0 Å². The van der Waals surface area contributed by atoms with Gasteiger partial charge >= 0.3 is 5.69 Å². The van der Waals surface area contributed by atoms with Crippen LogP contribution < -0.4 is 5.32 Å². The second-order valence-electron chi connectivity index (χ2n) is 5.33. The predicted octanol–water partition coefficient (Wildman–Crippen LogP) is 2.11. The zero-order valence-corrected chi connectivity index (χ0v) is 12.9. The molecule has 0 saturated carbocycles. The summed E-state index contributed by atoms with van der Waals surface area (Å²) in [5.41, 5.74) is -1.40. The molecule has 0 atom stereocenters. The summed E-state index contributed by atoms with van der Waals surface area (Å²) in [5, 5.41) is 12.7. The maximum atomic E-state index is 13.7. The normalized spacial score (nSPS) is 12.9. The molecule has 26 heavy (non-hydrogen) atoms. The lowest BCUT2D eigenvalue weighted by Gasteiger charge is -2.14. The number of amides is 3. The molecular weight excluding hydrogens is 352 g/mol. The SMILES string of the molecule is O=C(CN1C(=O)c2ccccc2C1=O)Nc1cc([N+](=O)[O-])c(F)cc1F. The molecule has 0 saturated heterocycles. The van der Waals surface area contributed by atoms with E-state index in [2.05, 4.69) is 0 Å². The van der Waals surface area contributed by atoms with Gasteiger partial charge in [0, 0.05) is 12.1 Å². The van der Waals surface area contributed by atoms with Crippen molar-refractivity contribution in [1.82, 2.24) is 4.90 Å². The molecule has 10 heteroatoms. The second kappa shape index (κ2) is 6.31. The number of anilines is 1. The number of nitro benzene ring substituents is 1. The second-order valence-corrected chi connectivity index (χ2v) is 5.33. The van der Waals surface area contributed by atoms with Gasteiger partial charge in [0.05, 0.1) is 21.7 Å². The average Bonchev–Trinajstić information content (AvgIpc) is 2.82.